The molecule has 2 heterocycles. The number of nitrogens with zero attached hydrogens (tertiary/aromatic N) is 1. The smallest absolute Gasteiger partial charge is 0.324 e. The number of benzene rings is 1. The number of ether oxygens (including phenoxy) is 1. The Hall–Kier alpha value is -2.81. The van der Waals surface area contributed by atoms with Gasteiger partial charge >= 0.3 is 6.03 Å². The lowest BCUT2D eigenvalue weighted by Gasteiger charge is -2.14. The van der Waals surface area contributed by atoms with E-state index in [1.54, 1.807) is 36.4 Å². The van der Waals surface area contributed by atoms with Gasteiger partial charge in [0.25, 0.3) is 0 Å². The van der Waals surface area contributed by atoms with Crippen molar-refractivity contribution >= 4 is 21.8 Å². The van der Waals surface area contributed by atoms with E-state index >= 15 is 0 Å². The number of aryl methyl sites for hydroxylation is 1. The van der Waals surface area contributed by atoms with Gasteiger partial charge in [-0.05, 0) is 56.0 Å². The third-order valence-corrected chi connectivity index (χ3v) is 7.03. The number of sulfone groups is 1. The largest absolute Gasteiger partial charge is 0.490 e. The first-order valence-electron chi connectivity index (χ1n) is 10.0. The fourth-order valence-corrected chi connectivity index (χ4v) is 5.02. The summed E-state index contributed by atoms with van der Waals surface area (Å²) in [6.45, 7) is 0.146. The maximum absolute atomic E-state index is 12.8. The van der Waals surface area contributed by atoms with Crippen molar-refractivity contribution in [2.24, 2.45) is 0 Å². The van der Waals surface area contributed by atoms with Crippen molar-refractivity contribution in [2.75, 3.05) is 12.3 Å². The number of hydrogen-bond acceptors (Lipinski definition) is 6. The van der Waals surface area contributed by atoms with E-state index in [4.69, 9.17) is 9.15 Å². The molecule has 1 saturated carbocycles. The summed E-state index contributed by atoms with van der Waals surface area (Å²) in [5, 5.41) is 2.20. The molecule has 1 aromatic heterocycles. The average molecular weight is 432 g/mol. The molecule has 160 valence electrons. The van der Waals surface area contributed by atoms with Gasteiger partial charge in [0, 0.05) is 6.42 Å². The van der Waals surface area contributed by atoms with Crippen molar-refractivity contribution in [1.82, 2.24) is 10.2 Å². The van der Waals surface area contributed by atoms with E-state index < -0.39 is 15.9 Å². The van der Waals surface area contributed by atoms with Crippen LogP contribution in [-0.4, -0.2) is 43.7 Å². The highest BCUT2D eigenvalue weighted by molar-refractivity contribution is 7.91. The van der Waals surface area contributed by atoms with Crippen LogP contribution in [0.25, 0.3) is 0 Å². The third kappa shape index (κ3) is 4.84. The number of carbonyl (C=O) groups excluding carboxylic acids is 2. The second-order valence-electron chi connectivity index (χ2n) is 7.65. The molecule has 0 unspecified atom stereocenters. The fraction of sp³-hybridized carbons (Fsp3) is 0.429. The number of urea groups is 1. The molecular formula is C21H24N2O6S. The summed E-state index contributed by atoms with van der Waals surface area (Å²) in [5.41, 5.74) is 0. The van der Waals surface area contributed by atoms with Crippen molar-refractivity contribution < 1.29 is 27.2 Å². The maximum Gasteiger partial charge on any atom is 0.324 e. The van der Waals surface area contributed by atoms with Gasteiger partial charge in [0.15, 0.2) is 9.84 Å². The van der Waals surface area contributed by atoms with Gasteiger partial charge in [0.1, 0.15) is 23.8 Å². The SMILES string of the molecule is O=C1CN(Cc2ccc(CCS(=O)(=O)c3cccc(OC4CCCC4)c3)o2)C(=O)N1. The van der Waals surface area contributed by atoms with Gasteiger partial charge < -0.3 is 14.1 Å². The van der Waals surface area contributed by atoms with Crippen LogP contribution in [0.3, 0.4) is 0 Å². The molecule has 3 amide bonds. The number of hydrogen-bond donors (Lipinski definition) is 1. The standard InChI is InChI=1S/C21H24N2O6S/c24-20-14-23(21(25)22-20)13-18-9-8-16(29-18)10-11-30(26,27)19-7-3-6-17(12-19)28-15-4-1-2-5-15/h3,6-9,12,15H,1-2,4-5,10-11,13-14H2,(H,22,24,25). The first-order valence-corrected chi connectivity index (χ1v) is 11.7. The lowest BCUT2D eigenvalue weighted by atomic mass is 10.3. The van der Waals surface area contributed by atoms with Crippen molar-refractivity contribution in [3.63, 3.8) is 0 Å². The summed E-state index contributed by atoms with van der Waals surface area (Å²) in [6.07, 6.45) is 4.67. The van der Waals surface area contributed by atoms with E-state index in [2.05, 4.69) is 5.32 Å². The number of rotatable bonds is 8. The minimum atomic E-state index is -3.50. The molecule has 1 aromatic carbocycles. The van der Waals surface area contributed by atoms with Gasteiger partial charge in [0.05, 0.1) is 23.3 Å². The third-order valence-electron chi connectivity index (χ3n) is 5.32. The molecule has 8 nitrogen and oxygen atoms in total. The number of nitrogens with one attached hydrogen (secondary N) is 1. The normalized spacial score (nSPS) is 17.5. The van der Waals surface area contributed by atoms with Crippen LogP contribution in [0.2, 0.25) is 0 Å². The highest BCUT2D eigenvalue weighted by Gasteiger charge is 2.27. The Bertz CT molecular complexity index is 1040. The summed E-state index contributed by atoms with van der Waals surface area (Å²) < 4.78 is 37.1. The van der Waals surface area contributed by atoms with Crippen molar-refractivity contribution in [2.45, 2.75) is 49.6 Å². The molecule has 1 saturated heterocycles. The molecular weight excluding hydrogens is 408 g/mol. The lowest BCUT2D eigenvalue weighted by Crippen LogP contribution is -2.27. The minimum Gasteiger partial charge on any atom is -0.490 e. The summed E-state index contributed by atoms with van der Waals surface area (Å²) in [5.74, 6) is 1.14. The monoisotopic (exact) mass is 432 g/mol. The number of amides is 3. The van der Waals surface area contributed by atoms with E-state index in [1.807, 2.05) is 0 Å². The van der Waals surface area contributed by atoms with E-state index in [9.17, 15) is 18.0 Å². The van der Waals surface area contributed by atoms with Crippen LogP contribution in [-0.2, 0) is 27.6 Å². The maximum atomic E-state index is 12.8. The van der Waals surface area contributed by atoms with Crippen molar-refractivity contribution in [3.8, 4) is 5.75 Å². The molecule has 1 N–H and O–H groups in total. The van der Waals surface area contributed by atoms with E-state index in [-0.39, 0.29) is 42.2 Å². The quantitative estimate of drug-likeness (QED) is 0.643. The Balaban J connectivity index is 1.35. The zero-order valence-corrected chi connectivity index (χ0v) is 17.3. The molecule has 0 atom stereocenters. The van der Waals surface area contributed by atoms with Gasteiger partial charge in [-0.15, -0.1) is 0 Å². The van der Waals surface area contributed by atoms with E-state index in [0.29, 0.717) is 17.3 Å². The second-order valence-corrected chi connectivity index (χ2v) is 9.75. The molecule has 1 aliphatic heterocycles. The first kappa shape index (κ1) is 20.5. The van der Waals surface area contributed by atoms with Crippen LogP contribution in [0, 0.1) is 0 Å². The Morgan fingerprint density at radius 2 is 1.87 bits per heavy atom. The molecule has 2 aliphatic rings. The van der Waals surface area contributed by atoms with Gasteiger partial charge in [-0.3, -0.25) is 10.1 Å². The topological polar surface area (TPSA) is 106 Å². The van der Waals surface area contributed by atoms with Gasteiger partial charge in [-0.2, -0.15) is 0 Å². The van der Waals surface area contributed by atoms with Crippen LogP contribution >= 0.6 is 0 Å². The number of carbonyl (C=O) groups is 2. The van der Waals surface area contributed by atoms with Gasteiger partial charge in [-0.25, -0.2) is 13.2 Å². The van der Waals surface area contributed by atoms with Crippen LogP contribution < -0.4 is 10.1 Å². The molecule has 0 spiro atoms. The van der Waals surface area contributed by atoms with Crippen molar-refractivity contribution in [3.05, 3.63) is 47.9 Å². The molecule has 30 heavy (non-hydrogen) atoms. The Kier molecular flexibility index (Phi) is 5.80. The number of imide groups is 1. The van der Waals surface area contributed by atoms with Crippen LogP contribution in [0.4, 0.5) is 4.79 Å². The fourth-order valence-electron chi connectivity index (χ4n) is 3.73. The van der Waals surface area contributed by atoms with E-state index in [0.717, 1.165) is 25.7 Å². The number of furan rings is 1. The summed E-state index contributed by atoms with van der Waals surface area (Å²) in [4.78, 5) is 24.4. The predicted molar refractivity (Wildman–Crippen MR) is 108 cm³/mol. The average Bonchev–Trinajstić information content (AvgIpc) is 3.44. The van der Waals surface area contributed by atoms with Crippen LogP contribution in [0.5, 0.6) is 5.75 Å². The highest BCUT2D eigenvalue weighted by Crippen LogP contribution is 2.26. The van der Waals surface area contributed by atoms with Crippen molar-refractivity contribution in [1.29, 1.82) is 0 Å². The summed E-state index contributed by atoms with van der Waals surface area (Å²) >= 11 is 0. The Morgan fingerprint density at radius 1 is 1.10 bits per heavy atom. The molecule has 1 aliphatic carbocycles. The molecule has 0 radical (unpaired) electrons. The molecule has 0 bridgehead atoms. The summed E-state index contributed by atoms with van der Waals surface area (Å²) in [6, 6.07) is 9.58. The lowest BCUT2D eigenvalue weighted by molar-refractivity contribution is -0.118. The zero-order chi connectivity index (χ0) is 21.1. The predicted octanol–water partition coefficient (Wildman–Crippen LogP) is 2.67. The Labute approximate surface area is 175 Å². The highest BCUT2D eigenvalue weighted by atomic mass is 32.2. The second kappa shape index (κ2) is 8.51. The molecule has 4 rings (SSSR count). The van der Waals surface area contributed by atoms with E-state index in [1.165, 1.54) is 4.90 Å². The minimum absolute atomic E-state index is 0.0114. The molecule has 2 fully saturated rings. The Morgan fingerprint density at radius 3 is 2.60 bits per heavy atom. The van der Waals surface area contributed by atoms with Gasteiger partial charge in [-0.1, -0.05) is 6.07 Å². The van der Waals surface area contributed by atoms with Crippen LogP contribution in [0.15, 0.2) is 45.7 Å². The zero-order valence-electron chi connectivity index (χ0n) is 16.5. The molecule has 2 aromatic rings. The van der Waals surface area contributed by atoms with Crippen LogP contribution in [0.1, 0.15) is 37.2 Å². The summed E-state index contributed by atoms with van der Waals surface area (Å²) in [7, 11) is -3.50. The molecule has 9 heteroatoms. The van der Waals surface area contributed by atoms with Gasteiger partial charge in [0.2, 0.25) is 5.91 Å². The first-order chi connectivity index (χ1) is 14.4.